The largest absolute Gasteiger partial charge is 0.340 e. The van der Waals surface area contributed by atoms with E-state index in [0.29, 0.717) is 0 Å². The van der Waals surface area contributed by atoms with Crippen LogP contribution in [0.15, 0.2) is 91.0 Å². The fourth-order valence-corrected chi connectivity index (χ4v) is 3.46. The van der Waals surface area contributed by atoms with Gasteiger partial charge in [0, 0.05) is 12.0 Å². The highest BCUT2D eigenvalue weighted by Gasteiger charge is 2.41. The van der Waals surface area contributed by atoms with Crippen molar-refractivity contribution in [1.82, 2.24) is 0 Å². The van der Waals surface area contributed by atoms with E-state index in [1.807, 2.05) is 30.3 Å². The molecule has 0 unspecified atom stereocenters. The standard InChI is InChI=1S/C23H22O2/c1-23(20-15-9-4-10-16-20)17-21(18-11-5-2-6-12-18)24-22(25-23)19-13-7-3-8-14-19/h2-16,21-22H,17H2,1H3/t21-,22+,23-/m0/s1. The molecular formula is C23H22O2. The van der Waals surface area contributed by atoms with Crippen LogP contribution in [0.25, 0.3) is 0 Å². The number of ether oxygens (including phenoxy) is 2. The lowest BCUT2D eigenvalue weighted by Gasteiger charge is -2.43. The number of hydrogen-bond acceptors (Lipinski definition) is 2. The molecule has 0 aliphatic carbocycles. The Morgan fingerprint density at radius 1 is 0.720 bits per heavy atom. The molecule has 0 bridgehead atoms. The average molecular weight is 330 g/mol. The van der Waals surface area contributed by atoms with E-state index >= 15 is 0 Å². The van der Waals surface area contributed by atoms with Gasteiger partial charge in [-0.05, 0) is 18.1 Å². The minimum absolute atomic E-state index is 0.00892. The van der Waals surface area contributed by atoms with Crippen LogP contribution in [0, 0.1) is 0 Å². The van der Waals surface area contributed by atoms with Gasteiger partial charge in [-0.2, -0.15) is 0 Å². The normalized spacial score (nSPS) is 26.3. The molecule has 3 aromatic carbocycles. The number of rotatable bonds is 3. The molecule has 2 heteroatoms. The molecule has 0 spiro atoms. The molecule has 0 N–H and O–H groups in total. The maximum absolute atomic E-state index is 6.48. The van der Waals surface area contributed by atoms with Crippen molar-refractivity contribution in [3.05, 3.63) is 108 Å². The van der Waals surface area contributed by atoms with Gasteiger partial charge in [-0.25, -0.2) is 0 Å². The first-order chi connectivity index (χ1) is 12.2. The first-order valence-corrected chi connectivity index (χ1v) is 8.73. The molecule has 1 aliphatic rings. The van der Waals surface area contributed by atoms with Crippen LogP contribution >= 0.6 is 0 Å². The van der Waals surface area contributed by atoms with Crippen LogP contribution in [-0.2, 0) is 15.1 Å². The minimum atomic E-state index is -0.402. The zero-order chi connectivity index (χ0) is 17.1. The summed E-state index contributed by atoms with van der Waals surface area (Å²) in [6, 6.07) is 31.0. The summed E-state index contributed by atoms with van der Waals surface area (Å²) in [5.74, 6) is 0. The Balaban J connectivity index is 1.72. The van der Waals surface area contributed by atoms with Crippen LogP contribution in [-0.4, -0.2) is 0 Å². The first-order valence-electron chi connectivity index (χ1n) is 8.73. The van der Waals surface area contributed by atoms with Crippen LogP contribution in [0.4, 0.5) is 0 Å². The van der Waals surface area contributed by atoms with E-state index in [-0.39, 0.29) is 12.4 Å². The van der Waals surface area contributed by atoms with Crippen LogP contribution in [0.5, 0.6) is 0 Å². The zero-order valence-corrected chi connectivity index (χ0v) is 14.3. The van der Waals surface area contributed by atoms with Crippen molar-refractivity contribution in [2.75, 3.05) is 0 Å². The molecule has 0 amide bonds. The molecular weight excluding hydrogens is 308 g/mol. The summed E-state index contributed by atoms with van der Waals surface area (Å²) >= 11 is 0. The van der Waals surface area contributed by atoms with E-state index in [2.05, 4.69) is 67.6 Å². The van der Waals surface area contributed by atoms with Crippen molar-refractivity contribution in [3.63, 3.8) is 0 Å². The zero-order valence-electron chi connectivity index (χ0n) is 14.3. The van der Waals surface area contributed by atoms with Gasteiger partial charge in [0.25, 0.3) is 0 Å². The Morgan fingerprint density at radius 2 is 1.24 bits per heavy atom. The lowest BCUT2D eigenvalue weighted by Crippen LogP contribution is -2.37. The van der Waals surface area contributed by atoms with Crippen molar-refractivity contribution in [2.24, 2.45) is 0 Å². The highest BCUT2D eigenvalue weighted by molar-refractivity contribution is 5.27. The Hall–Kier alpha value is -2.42. The van der Waals surface area contributed by atoms with Crippen LogP contribution in [0.2, 0.25) is 0 Å². The van der Waals surface area contributed by atoms with Crippen molar-refractivity contribution in [2.45, 2.75) is 31.3 Å². The second-order valence-corrected chi connectivity index (χ2v) is 6.70. The van der Waals surface area contributed by atoms with E-state index in [9.17, 15) is 0 Å². The lowest BCUT2D eigenvalue weighted by atomic mass is 9.86. The Bertz CT molecular complexity index is 752. The fraction of sp³-hybridized carbons (Fsp3) is 0.217. The van der Waals surface area contributed by atoms with Gasteiger partial charge in [0.05, 0.1) is 11.7 Å². The average Bonchev–Trinajstić information content (AvgIpc) is 2.70. The maximum atomic E-state index is 6.48. The number of benzene rings is 3. The van der Waals surface area contributed by atoms with Gasteiger partial charge >= 0.3 is 0 Å². The van der Waals surface area contributed by atoms with Gasteiger partial charge < -0.3 is 9.47 Å². The summed E-state index contributed by atoms with van der Waals surface area (Å²) in [6.07, 6.45) is 0.389. The SMILES string of the molecule is C[C@@]1(c2ccccc2)C[C@@H](c2ccccc2)O[C@@H](c2ccccc2)O1. The molecule has 0 saturated carbocycles. The molecule has 3 atom stereocenters. The van der Waals surface area contributed by atoms with Gasteiger partial charge in [0.15, 0.2) is 6.29 Å². The van der Waals surface area contributed by atoms with Gasteiger partial charge in [0.2, 0.25) is 0 Å². The van der Waals surface area contributed by atoms with Gasteiger partial charge in [0.1, 0.15) is 0 Å². The van der Waals surface area contributed by atoms with Gasteiger partial charge in [-0.1, -0.05) is 91.0 Å². The van der Waals surface area contributed by atoms with Crippen molar-refractivity contribution in [3.8, 4) is 0 Å². The lowest BCUT2D eigenvalue weighted by molar-refractivity contribution is -0.290. The smallest absolute Gasteiger partial charge is 0.185 e. The fourth-order valence-electron chi connectivity index (χ4n) is 3.46. The van der Waals surface area contributed by atoms with E-state index in [4.69, 9.17) is 9.47 Å². The summed E-state index contributed by atoms with van der Waals surface area (Å²) in [5, 5.41) is 0. The summed E-state index contributed by atoms with van der Waals surface area (Å²) < 4.78 is 12.8. The van der Waals surface area contributed by atoms with Crippen LogP contribution in [0.3, 0.4) is 0 Å². The molecule has 4 rings (SSSR count). The van der Waals surface area contributed by atoms with Crippen molar-refractivity contribution >= 4 is 0 Å². The number of hydrogen-bond donors (Lipinski definition) is 0. The highest BCUT2D eigenvalue weighted by Crippen LogP contribution is 2.47. The molecule has 0 aromatic heterocycles. The van der Waals surface area contributed by atoms with Crippen molar-refractivity contribution in [1.29, 1.82) is 0 Å². The molecule has 25 heavy (non-hydrogen) atoms. The quantitative estimate of drug-likeness (QED) is 0.606. The summed E-state index contributed by atoms with van der Waals surface area (Å²) in [6.45, 7) is 2.16. The van der Waals surface area contributed by atoms with Gasteiger partial charge in [-0.15, -0.1) is 0 Å². The molecule has 1 aliphatic heterocycles. The topological polar surface area (TPSA) is 18.5 Å². The summed E-state index contributed by atoms with van der Waals surface area (Å²) in [7, 11) is 0. The highest BCUT2D eigenvalue weighted by atomic mass is 16.7. The molecule has 1 heterocycles. The molecule has 1 fully saturated rings. The monoisotopic (exact) mass is 330 g/mol. The van der Waals surface area contributed by atoms with Gasteiger partial charge in [-0.3, -0.25) is 0 Å². The molecule has 3 aromatic rings. The second kappa shape index (κ2) is 6.83. The molecule has 1 saturated heterocycles. The third-order valence-electron chi connectivity index (χ3n) is 4.86. The van der Waals surface area contributed by atoms with E-state index in [1.54, 1.807) is 0 Å². The Labute approximate surface area is 149 Å². The molecule has 126 valence electrons. The predicted octanol–water partition coefficient (Wildman–Crippen LogP) is 5.78. The first kappa shape index (κ1) is 16.1. The Morgan fingerprint density at radius 3 is 1.84 bits per heavy atom. The molecule has 2 nitrogen and oxygen atoms in total. The summed E-state index contributed by atoms with van der Waals surface area (Å²) in [4.78, 5) is 0. The molecule has 0 radical (unpaired) electrons. The maximum Gasteiger partial charge on any atom is 0.185 e. The second-order valence-electron chi connectivity index (χ2n) is 6.70. The van der Waals surface area contributed by atoms with E-state index < -0.39 is 5.60 Å². The third kappa shape index (κ3) is 3.37. The predicted molar refractivity (Wildman–Crippen MR) is 98.9 cm³/mol. The third-order valence-corrected chi connectivity index (χ3v) is 4.86. The van der Waals surface area contributed by atoms with Crippen LogP contribution < -0.4 is 0 Å². The Kier molecular flexibility index (Phi) is 4.39. The van der Waals surface area contributed by atoms with Crippen LogP contribution in [0.1, 0.15) is 42.4 Å². The van der Waals surface area contributed by atoms with E-state index in [0.717, 1.165) is 12.0 Å². The van der Waals surface area contributed by atoms with E-state index in [1.165, 1.54) is 11.1 Å². The minimum Gasteiger partial charge on any atom is -0.340 e. The summed E-state index contributed by atoms with van der Waals surface area (Å²) in [5.41, 5.74) is 3.01. The van der Waals surface area contributed by atoms with Crippen molar-refractivity contribution < 1.29 is 9.47 Å².